The van der Waals surface area contributed by atoms with Gasteiger partial charge in [-0.1, -0.05) is 51.1 Å². The first kappa shape index (κ1) is 22.9. The number of rotatable bonds is 5. The molecule has 1 aromatic carbocycles. The van der Waals surface area contributed by atoms with Gasteiger partial charge in [0.1, 0.15) is 0 Å². The molecule has 156 valence electrons. The van der Waals surface area contributed by atoms with Crippen LogP contribution in [0.5, 0.6) is 0 Å². The van der Waals surface area contributed by atoms with Crippen molar-refractivity contribution in [2.75, 3.05) is 0 Å². The van der Waals surface area contributed by atoms with Crippen molar-refractivity contribution in [1.29, 1.82) is 0 Å². The second-order valence-corrected chi connectivity index (χ2v) is 13.7. The largest absolute Gasteiger partial charge is 0.416 e. The van der Waals surface area contributed by atoms with E-state index in [1.807, 2.05) is 6.08 Å². The summed E-state index contributed by atoms with van der Waals surface area (Å²) in [6, 6.07) is 5.13. The molecule has 1 aromatic rings. The molecule has 1 aliphatic rings. The highest BCUT2D eigenvalue weighted by Crippen LogP contribution is 2.39. The van der Waals surface area contributed by atoms with Gasteiger partial charge in [0.2, 0.25) is 0 Å². The molecule has 0 radical (unpaired) electrons. The van der Waals surface area contributed by atoms with E-state index < -0.39 is 20.1 Å². The topological polar surface area (TPSA) is 18.5 Å². The molecule has 28 heavy (non-hydrogen) atoms. The third kappa shape index (κ3) is 6.06. The fourth-order valence-corrected chi connectivity index (χ4v) is 4.30. The van der Waals surface area contributed by atoms with Gasteiger partial charge in [0.15, 0.2) is 8.32 Å². The van der Waals surface area contributed by atoms with Crippen LogP contribution < -0.4 is 0 Å². The lowest BCUT2D eigenvalue weighted by atomic mass is 10.00. The van der Waals surface area contributed by atoms with Crippen molar-refractivity contribution in [3.05, 3.63) is 54.1 Å². The van der Waals surface area contributed by atoms with Crippen LogP contribution in [0.3, 0.4) is 0 Å². The van der Waals surface area contributed by atoms with E-state index in [4.69, 9.17) is 9.16 Å². The zero-order valence-corrected chi connectivity index (χ0v) is 18.3. The minimum atomic E-state index is -4.32. The summed E-state index contributed by atoms with van der Waals surface area (Å²) in [6.07, 6.45) is 2.52. The standard InChI is InChI=1S/C22H31F3O2Si/c1-7-18-14-20(27-28(5,6)21(2,3)4)15-19(26-18)13-10-16-8-11-17(12-9-16)22(23,24)25/h7-13,18-20H,1,14-15H2,2-6H3/b13-10-/t18-,19+,20-/m0/s1. The Bertz CT molecular complexity index is 687. The molecule has 0 spiro atoms. The number of ether oxygens (including phenoxy) is 1. The average Bonchev–Trinajstić information content (AvgIpc) is 2.58. The van der Waals surface area contributed by atoms with Gasteiger partial charge in [-0.05, 0) is 35.8 Å². The lowest BCUT2D eigenvalue weighted by molar-refractivity contribution is -0.137. The summed E-state index contributed by atoms with van der Waals surface area (Å²) in [5.41, 5.74) is 0.0623. The molecule has 0 aromatic heterocycles. The lowest BCUT2D eigenvalue weighted by Gasteiger charge is -2.42. The summed E-state index contributed by atoms with van der Waals surface area (Å²) in [5, 5.41) is 0.126. The maximum absolute atomic E-state index is 12.7. The lowest BCUT2D eigenvalue weighted by Crippen LogP contribution is -2.47. The van der Waals surface area contributed by atoms with E-state index in [2.05, 4.69) is 40.4 Å². The minimum absolute atomic E-state index is 0.0832. The highest BCUT2D eigenvalue weighted by molar-refractivity contribution is 6.74. The van der Waals surface area contributed by atoms with Crippen LogP contribution in [0.2, 0.25) is 18.1 Å². The van der Waals surface area contributed by atoms with E-state index in [9.17, 15) is 13.2 Å². The Morgan fingerprint density at radius 2 is 1.64 bits per heavy atom. The Morgan fingerprint density at radius 3 is 2.14 bits per heavy atom. The van der Waals surface area contributed by atoms with Crippen LogP contribution in [-0.4, -0.2) is 26.6 Å². The van der Waals surface area contributed by atoms with Crippen molar-refractivity contribution in [3.63, 3.8) is 0 Å². The Kier molecular flexibility index (Phi) is 7.00. The molecule has 0 unspecified atom stereocenters. The molecule has 0 aliphatic carbocycles. The first-order valence-electron chi connectivity index (χ1n) is 9.63. The smallest absolute Gasteiger partial charge is 0.414 e. The van der Waals surface area contributed by atoms with Gasteiger partial charge in [-0.15, -0.1) is 6.58 Å². The van der Waals surface area contributed by atoms with E-state index in [0.29, 0.717) is 5.56 Å². The molecule has 0 N–H and O–H groups in total. The Hall–Kier alpha value is -1.37. The van der Waals surface area contributed by atoms with Crippen LogP contribution in [0.25, 0.3) is 6.08 Å². The normalized spacial score (nSPS) is 24.5. The van der Waals surface area contributed by atoms with E-state index in [-0.39, 0.29) is 23.4 Å². The van der Waals surface area contributed by atoms with Crippen molar-refractivity contribution < 1.29 is 22.3 Å². The van der Waals surface area contributed by atoms with Gasteiger partial charge in [-0.25, -0.2) is 0 Å². The van der Waals surface area contributed by atoms with E-state index in [0.717, 1.165) is 25.0 Å². The molecular formula is C22H31F3O2Si. The molecule has 1 saturated heterocycles. The van der Waals surface area contributed by atoms with E-state index in [1.54, 1.807) is 12.2 Å². The Morgan fingerprint density at radius 1 is 1.07 bits per heavy atom. The number of halogens is 3. The maximum Gasteiger partial charge on any atom is 0.416 e. The zero-order valence-electron chi connectivity index (χ0n) is 17.3. The van der Waals surface area contributed by atoms with Crippen LogP contribution in [-0.2, 0) is 15.3 Å². The molecule has 2 nitrogen and oxygen atoms in total. The van der Waals surface area contributed by atoms with Crippen LogP contribution in [0.4, 0.5) is 13.2 Å². The van der Waals surface area contributed by atoms with Crippen molar-refractivity contribution >= 4 is 14.4 Å². The molecule has 3 atom stereocenters. The number of hydrogen-bond acceptors (Lipinski definition) is 2. The number of benzene rings is 1. The third-order valence-electron chi connectivity index (χ3n) is 5.61. The summed E-state index contributed by atoms with van der Waals surface area (Å²) < 4.78 is 50.6. The first-order chi connectivity index (χ1) is 12.8. The average molecular weight is 413 g/mol. The van der Waals surface area contributed by atoms with Crippen LogP contribution in [0.15, 0.2) is 43.0 Å². The van der Waals surface area contributed by atoms with Gasteiger partial charge in [-0.3, -0.25) is 0 Å². The summed E-state index contributed by atoms with van der Waals surface area (Å²) in [6.45, 7) is 15.0. The fourth-order valence-electron chi connectivity index (χ4n) is 2.92. The van der Waals surface area contributed by atoms with Gasteiger partial charge >= 0.3 is 6.18 Å². The molecule has 1 aliphatic heterocycles. The molecule has 1 heterocycles. The van der Waals surface area contributed by atoms with Crippen LogP contribution in [0, 0.1) is 0 Å². The Balaban J connectivity index is 2.08. The van der Waals surface area contributed by atoms with E-state index in [1.165, 1.54) is 12.1 Å². The highest BCUT2D eigenvalue weighted by atomic mass is 28.4. The third-order valence-corrected chi connectivity index (χ3v) is 10.1. The van der Waals surface area contributed by atoms with Crippen LogP contribution in [0.1, 0.15) is 44.7 Å². The van der Waals surface area contributed by atoms with Gasteiger partial charge in [0.05, 0.1) is 23.9 Å². The van der Waals surface area contributed by atoms with E-state index >= 15 is 0 Å². The monoisotopic (exact) mass is 412 g/mol. The summed E-state index contributed by atoms with van der Waals surface area (Å²) in [4.78, 5) is 0. The highest BCUT2D eigenvalue weighted by Gasteiger charge is 2.41. The molecule has 6 heteroatoms. The summed E-state index contributed by atoms with van der Waals surface area (Å²) in [5.74, 6) is 0. The second-order valence-electron chi connectivity index (χ2n) is 8.90. The summed E-state index contributed by atoms with van der Waals surface area (Å²) >= 11 is 0. The molecule has 1 fully saturated rings. The first-order valence-corrected chi connectivity index (χ1v) is 12.5. The van der Waals surface area contributed by atoms with Crippen molar-refractivity contribution in [1.82, 2.24) is 0 Å². The second kappa shape index (κ2) is 8.55. The fraction of sp³-hybridized carbons (Fsp3) is 0.545. The van der Waals surface area contributed by atoms with Crippen LogP contribution >= 0.6 is 0 Å². The SMILES string of the molecule is C=C[C@H]1C[C@H](O[Si](C)(C)C(C)(C)C)C[C@@H](/C=C\c2ccc(C(F)(F)F)cc2)O1. The van der Waals surface area contributed by atoms with Crippen molar-refractivity contribution in [2.45, 2.75) is 76.2 Å². The zero-order chi connectivity index (χ0) is 21.2. The number of alkyl halides is 3. The molecular weight excluding hydrogens is 381 g/mol. The maximum atomic E-state index is 12.7. The Labute approximate surface area is 167 Å². The molecule has 0 saturated carbocycles. The quantitative estimate of drug-likeness (QED) is 0.389. The van der Waals surface area contributed by atoms with Gasteiger partial charge in [0, 0.05) is 12.8 Å². The van der Waals surface area contributed by atoms with Crippen molar-refractivity contribution in [3.8, 4) is 0 Å². The molecule has 0 amide bonds. The predicted octanol–water partition coefficient (Wildman–Crippen LogP) is 6.84. The molecule has 0 bridgehead atoms. The number of hydrogen-bond donors (Lipinski definition) is 0. The van der Waals surface area contributed by atoms with Gasteiger partial charge in [0.25, 0.3) is 0 Å². The minimum Gasteiger partial charge on any atom is -0.414 e. The molecule has 2 rings (SSSR count). The van der Waals surface area contributed by atoms with Crippen molar-refractivity contribution in [2.24, 2.45) is 0 Å². The summed E-state index contributed by atoms with van der Waals surface area (Å²) in [7, 11) is -1.90. The van der Waals surface area contributed by atoms with Gasteiger partial charge in [-0.2, -0.15) is 13.2 Å². The van der Waals surface area contributed by atoms with Gasteiger partial charge < -0.3 is 9.16 Å². The predicted molar refractivity (Wildman–Crippen MR) is 111 cm³/mol.